The first-order valence-electron chi connectivity index (χ1n) is 8.94. The summed E-state index contributed by atoms with van der Waals surface area (Å²) in [6.45, 7) is -0.183. The van der Waals surface area contributed by atoms with Gasteiger partial charge in [0.1, 0.15) is 11.2 Å². The quantitative estimate of drug-likeness (QED) is 0.429. The summed E-state index contributed by atoms with van der Waals surface area (Å²) in [5, 5.41) is 7.38. The highest BCUT2D eigenvalue weighted by atomic mass is 32.2. The summed E-state index contributed by atoms with van der Waals surface area (Å²) in [7, 11) is -2.13. The highest BCUT2D eigenvalue weighted by molar-refractivity contribution is 7.85. The van der Waals surface area contributed by atoms with Gasteiger partial charge in [-0.3, -0.25) is 9.17 Å². The maximum atomic E-state index is 14.2. The van der Waals surface area contributed by atoms with Crippen LogP contribution in [0.5, 0.6) is 5.88 Å². The molecule has 0 bridgehead atoms. The number of methoxy groups -OCH3 is 1. The number of hydrogen-bond donors (Lipinski definition) is 1. The maximum Gasteiger partial charge on any atom is 0.264 e. The summed E-state index contributed by atoms with van der Waals surface area (Å²) in [6, 6.07) is 8.25. The molecular formula is C19H17FN6O4S. The van der Waals surface area contributed by atoms with Crippen molar-refractivity contribution in [2.75, 3.05) is 18.7 Å². The van der Waals surface area contributed by atoms with Crippen LogP contribution in [0.15, 0.2) is 48.9 Å². The third-order valence-corrected chi connectivity index (χ3v) is 4.69. The van der Waals surface area contributed by atoms with Gasteiger partial charge in [0.15, 0.2) is 11.6 Å². The first-order valence-corrected chi connectivity index (χ1v) is 10.8. The van der Waals surface area contributed by atoms with E-state index in [1.165, 1.54) is 23.9 Å². The molecule has 0 amide bonds. The minimum absolute atomic E-state index is 0.162. The summed E-state index contributed by atoms with van der Waals surface area (Å²) in [5.74, 6) is 0.345. The van der Waals surface area contributed by atoms with E-state index in [1.54, 1.807) is 30.5 Å². The molecule has 0 aliphatic rings. The molecule has 0 saturated carbocycles. The van der Waals surface area contributed by atoms with Crippen LogP contribution in [0.4, 0.5) is 15.9 Å². The number of fused-ring (bicyclic) bond motifs is 1. The lowest BCUT2D eigenvalue weighted by Crippen LogP contribution is -2.05. The molecule has 0 spiro atoms. The van der Waals surface area contributed by atoms with E-state index in [9.17, 15) is 12.8 Å². The van der Waals surface area contributed by atoms with E-state index >= 15 is 0 Å². The fourth-order valence-electron chi connectivity index (χ4n) is 2.76. The minimum atomic E-state index is -3.62. The Morgan fingerprint density at radius 2 is 2.06 bits per heavy atom. The van der Waals surface area contributed by atoms with Crippen LogP contribution < -0.4 is 10.1 Å². The van der Waals surface area contributed by atoms with E-state index in [0.717, 1.165) is 12.5 Å². The van der Waals surface area contributed by atoms with E-state index in [4.69, 9.17) is 8.92 Å². The van der Waals surface area contributed by atoms with Crippen LogP contribution in [0.1, 0.15) is 5.56 Å². The second-order valence-corrected chi connectivity index (χ2v) is 8.12. The fraction of sp³-hybridized carbons (Fsp3) is 0.158. The van der Waals surface area contributed by atoms with E-state index in [1.807, 2.05) is 0 Å². The second kappa shape index (κ2) is 8.24. The smallest absolute Gasteiger partial charge is 0.264 e. The zero-order valence-electron chi connectivity index (χ0n) is 16.5. The average molecular weight is 444 g/mol. The normalized spacial score (nSPS) is 11.6. The molecule has 0 unspecified atom stereocenters. The van der Waals surface area contributed by atoms with Crippen molar-refractivity contribution in [3.63, 3.8) is 0 Å². The molecule has 1 N–H and O–H groups in total. The Kier molecular flexibility index (Phi) is 5.48. The average Bonchev–Trinajstić information content (AvgIpc) is 3.17. The Morgan fingerprint density at radius 3 is 2.81 bits per heavy atom. The first kappa shape index (κ1) is 20.6. The van der Waals surface area contributed by atoms with E-state index in [0.29, 0.717) is 22.7 Å². The van der Waals surface area contributed by atoms with Crippen LogP contribution in [0.25, 0.3) is 17.0 Å². The largest absolute Gasteiger partial charge is 0.481 e. The van der Waals surface area contributed by atoms with Crippen molar-refractivity contribution in [1.82, 2.24) is 24.6 Å². The Hall–Kier alpha value is -3.64. The number of nitrogens with one attached hydrogen (secondary N) is 1. The molecule has 160 valence electrons. The molecule has 4 rings (SSSR count). The molecule has 10 nitrogen and oxygen atoms in total. The summed E-state index contributed by atoms with van der Waals surface area (Å²) < 4.78 is 48.3. The van der Waals surface area contributed by atoms with Crippen LogP contribution in [-0.4, -0.2) is 46.3 Å². The molecule has 0 aliphatic carbocycles. The molecule has 0 aliphatic heterocycles. The number of ether oxygens (including phenoxy) is 1. The van der Waals surface area contributed by atoms with Gasteiger partial charge in [0.2, 0.25) is 11.7 Å². The van der Waals surface area contributed by atoms with Gasteiger partial charge >= 0.3 is 0 Å². The standard InChI is InChI=1S/C19H17FN6O4S/c1-29-17-5-3-4-15(22-17)18-24-19(23-14-6-7-21-9-13(14)20)16-8-12(10-26(16)25-18)11-30-31(2,27)28/h3-10H,11H2,1-2H3,(H,21,23,24,25). The summed E-state index contributed by atoms with van der Waals surface area (Å²) >= 11 is 0. The number of halogens is 1. The van der Waals surface area contributed by atoms with Crippen LogP contribution >= 0.6 is 0 Å². The maximum absolute atomic E-state index is 14.2. The Bertz CT molecular complexity index is 1360. The molecule has 4 heterocycles. The van der Waals surface area contributed by atoms with Crippen molar-refractivity contribution in [1.29, 1.82) is 0 Å². The highest BCUT2D eigenvalue weighted by Gasteiger charge is 2.15. The number of aromatic nitrogens is 5. The predicted octanol–water partition coefficient (Wildman–Crippen LogP) is 2.55. The van der Waals surface area contributed by atoms with Crippen LogP contribution in [0.3, 0.4) is 0 Å². The predicted molar refractivity (Wildman–Crippen MR) is 110 cm³/mol. The molecule has 0 atom stereocenters. The Morgan fingerprint density at radius 1 is 1.23 bits per heavy atom. The number of rotatable bonds is 7. The molecule has 0 radical (unpaired) electrons. The third-order valence-electron chi connectivity index (χ3n) is 4.15. The molecule has 0 aromatic carbocycles. The van der Waals surface area contributed by atoms with Gasteiger partial charge in [0, 0.05) is 18.5 Å². The lowest BCUT2D eigenvalue weighted by atomic mass is 10.3. The van der Waals surface area contributed by atoms with E-state index in [-0.39, 0.29) is 23.9 Å². The van der Waals surface area contributed by atoms with Gasteiger partial charge in [-0.15, -0.1) is 5.10 Å². The molecule has 12 heteroatoms. The van der Waals surface area contributed by atoms with Crippen LogP contribution in [0, 0.1) is 5.82 Å². The van der Waals surface area contributed by atoms with Crippen molar-refractivity contribution in [2.45, 2.75) is 6.61 Å². The molecular weight excluding hydrogens is 427 g/mol. The molecule has 0 saturated heterocycles. The lowest BCUT2D eigenvalue weighted by Gasteiger charge is -2.10. The second-order valence-electron chi connectivity index (χ2n) is 6.47. The van der Waals surface area contributed by atoms with Crippen molar-refractivity contribution < 1.29 is 21.7 Å². The highest BCUT2D eigenvalue weighted by Crippen LogP contribution is 2.26. The Labute approximate surface area is 176 Å². The van der Waals surface area contributed by atoms with Crippen molar-refractivity contribution >= 4 is 27.1 Å². The minimum Gasteiger partial charge on any atom is -0.481 e. The van der Waals surface area contributed by atoms with E-state index < -0.39 is 15.9 Å². The van der Waals surface area contributed by atoms with Crippen LogP contribution in [-0.2, 0) is 20.9 Å². The number of pyridine rings is 2. The molecule has 0 fully saturated rings. The monoisotopic (exact) mass is 444 g/mol. The Balaban J connectivity index is 1.82. The number of nitrogens with zero attached hydrogens (tertiary/aromatic N) is 5. The number of hydrogen-bond acceptors (Lipinski definition) is 9. The number of anilines is 2. The third kappa shape index (κ3) is 4.75. The van der Waals surface area contributed by atoms with Crippen LogP contribution in [0.2, 0.25) is 0 Å². The van der Waals surface area contributed by atoms with Gasteiger partial charge in [0.05, 0.1) is 31.9 Å². The van der Waals surface area contributed by atoms with E-state index in [2.05, 4.69) is 25.4 Å². The van der Waals surface area contributed by atoms with Crippen molar-refractivity contribution in [3.05, 3.63) is 60.3 Å². The summed E-state index contributed by atoms with van der Waals surface area (Å²) in [4.78, 5) is 12.6. The molecule has 31 heavy (non-hydrogen) atoms. The topological polar surface area (TPSA) is 121 Å². The van der Waals surface area contributed by atoms with Gasteiger partial charge in [-0.05, 0) is 23.8 Å². The van der Waals surface area contributed by atoms with Gasteiger partial charge in [-0.1, -0.05) is 6.07 Å². The molecule has 4 aromatic rings. The SMILES string of the molecule is COc1cccc(-c2nc(Nc3ccncc3F)c3cc(COS(C)(=O)=O)cn3n2)n1. The summed E-state index contributed by atoms with van der Waals surface area (Å²) in [6.07, 6.45) is 5.08. The van der Waals surface area contributed by atoms with Crippen molar-refractivity contribution in [2.24, 2.45) is 0 Å². The van der Waals surface area contributed by atoms with Gasteiger partial charge in [-0.25, -0.2) is 18.9 Å². The van der Waals surface area contributed by atoms with Gasteiger partial charge in [-0.2, -0.15) is 8.42 Å². The lowest BCUT2D eigenvalue weighted by molar-refractivity contribution is 0.311. The molecule has 4 aromatic heterocycles. The van der Waals surface area contributed by atoms with Gasteiger partial charge in [0.25, 0.3) is 10.1 Å². The van der Waals surface area contributed by atoms with Gasteiger partial charge < -0.3 is 10.1 Å². The summed E-state index contributed by atoms with van der Waals surface area (Å²) in [5.41, 5.74) is 1.61. The first-order chi connectivity index (χ1) is 14.8. The zero-order chi connectivity index (χ0) is 22.0. The zero-order valence-corrected chi connectivity index (χ0v) is 17.3. The van der Waals surface area contributed by atoms with Crippen molar-refractivity contribution in [3.8, 4) is 17.4 Å². The fourth-order valence-corrected chi connectivity index (χ4v) is 3.11.